The monoisotopic (exact) mass is 322 g/mol. The number of fused-ring (bicyclic) bond motifs is 1. The molecule has 0 aliphatic carbocycles. The summed E-state index contributed by atoms with van der Waals surface area (Å²) in [5, 5.41) is 0.863. The van der Waals surface area contributed by atoms with Crippen LogP contribution in [0.25, 0.3) is 22.3 Å². The molecule has 0 saturated carbocycles. The number of anilines is 1. The van der Waals surface area contributed by atoms with Crippen LogP contribution in [0.4, 0.5) is 5.95 Å². The van der Waals surface area contributed by atoms with Crippen molar-refractivity contribution in [3.8, 4) is 17.0 Å². The van der Waals surface area contributed by atoms with Crippen LogP contribution >= 0.6 is 0 Å². The van der Waals surface area contributed by atoms with Crippen molar-refractivity contribution in [2.75, 3.05) is 12.3 Å². The number of aromatic nitrogens is 3. The van der Waals surface area contributed by atoms with Crippen LogP contribution in [0.15, 0.2) is 42.6 Å². The van der Waals surface area contributed by atoms with Crippen LogP contribution in [0.3, 0.4) is 0 Å². The van der Waals surface area contributed by atoms with Gasteiger partial charge in [-0.1, -0.05) is 0 Å². The summed E-state index contributed by atoms with van der Waals surface area (Å²) in [6.07, 6.45) is 4.74. The van der Waals surface area contributed by atoms with Gasteiger partial charge in [-0.25, -0.2) is 9.97 Å². The fourth-order valence-corrected chi connectivity index (χ4v) is 2.74. The van der Waals surface area contributed by atoms with Crippen molar-refractivity contribution in [1.29, 1.82) is 0 Å². The summed E-state index contributed by atoms with van der Waals surface area (Å²) in [5.41, 5.74) is 8.05. The average molecular weight is 322 g/mol. The van der Waals surface area contributed by atoms with Gasteiger partial charge in [0.1, 0.15) is 5.75 Å². The summed E-state index contributed by atoms with van der Waals surface area (Å²) >= 11 is 0. The summed E-state index contributed by atoms with van der Waals surface area (Å²) in [6, 6.07) is 11.7. The zero-order chi connectivity index (χ0) is 16.4. The topological polar surface area (TPSA) is 83.2 Å². The van der Waals surface area contributed by atoms with Crippen molar-refractivity contribution in [2.24, 2.45) is 0 Å². The molecule has 0 radical (unpaired) electrons. The van der Waals surface area contributed by atoms with E-state index in [0.29, 0.717) is 5.65 Å². The van der Waals surface area contributed by atoms with Gasteiger partial charge in [-0.15, -0.1) is 0 Å². The third-order valence-corrected chi connectivity index (χ3v) is 4.02. The molecule has 4 rings (SSSR count). The van der Waals surface area contributed by atoms with E-state index in [4.69, 9.17) is 15.2 Å². The summed E-state index contributed by atoms with van der Waals surface area (Å²) in [6.45, 7) is 0.773. The molecular weight excluding hydrogens is 304 g/mol. The van der Waals surface area contributed by atoms with E-state index in [9.17, 15) is 0 Å². The van der Waals surface area contributed by atoms with Gasteiger partial charge in [0.05, 0.1) is 12.3 Å². The van der Waals surface area contributed by atoms with Gasteiger partial charge in [0.2, 0.25) is 5.95 Å². The summed E-state index contributed by atoms with van der Waals surface area (Å²) in [7, 11) is 0. The second kappa shape index (κ2) is 6.41. The number of hydrogen-bond donors (Lipinski definition) is 1. The Morgan fingerprint density at radius 3 is 2.71 bits per heavy atom. The average Bonchev–Trinajstić information content (AvgIpc) is 2.62. The zero-order valence-corrected chi connectivity index (χ0v) is 13.2. The molecule has 1 aliphatic heterocycles. The maximum Gasteiger partial charge on any atom is 0.222 e. The predicted molar refractivity (Wildman–Crippen MR) is 91.4 cm³/mol. The Bertz CT molecular complexity index is 845. The van der Waals surface area contributed by atoms with E-state index in [2.05, 4.69) is 15.0 Å². The molecule has 122 valence electrons. The van der Waals surface area contributed by atoms with Crippen molar-refractivity contribution in [3.05, 3.63) is 42.6 Å². The first-order valence-electron chi connectivity index (χ1n) is 8.06. The molecule has 3 aromatic rings. The number of rotatable bonds is 3. The lowest BCUT2D eigenvalue weighted by Crippen LogP contribution is -2.24. The maximum absolute atomic E-state index is 5.85. The second-order valence-corrected chi connectivity index (χ2v) is 5.78. The molecule has 0 amide bonds. The Kier molecular flexibility index (Phi) is 3.96. The molecule has 1 aliphatic rings. The van der Waals surface area contributed by atoms with Crippen LogP contribution in [-0.4, -0.2) is 27.8 Å². The Labute approximate surface area is 139 Å². The third kappa shape index (κ3) is 3.14. The lowest BCUT2D eigenvalue weighted by Gasteiger charge is -2.23. The van der Waals surface area contributed by atoms with Crippen molar-refractivity contribution in [2.45, 2.75) is 25.6 Å². The van der Waals surface area contributed by atoms with E-state index < -0.39 is 0 Å². The van der Waals surface area contributed by atoms with Crippen molar-refractivity contribution < 1.29 is 9.47 Å². The van der Waals surface area contributed by atoms with E-state index in [1.807, 2.05) is 36.4 Å². The minimum absolute atomic E-state index is 0.136. The second-order valence-electron chi connectivity index (χ2n) is 5.78. The molecule has 6 nitrogen and oxygen atoms in total. The highest BCUT2D eigenvalue weighted by Gasteiger charge is 2.15. The first-order chi connectivity index (χ1) is 11.8. The fourth-order valence-electron chi connectivity index (χ4n) is 2.74. The van der Waals surface area contributed by atoms with E-state index >= 15 is 0 Å². The molecule has 1 saturated heterocycles. The summed E-state index contributed by atoms with van der Waals surface area (Å²) in [5.74, 6) is 1.03. The molecule has 1 fully saturated rings. The van der Waals surface area contributed by atoms with Crippen LogP contribution in [0.2, 0.25) is 0 Å². The van der Waals surface area contributed by atoms with Crippen LogP contribution in [0.5, 0.6) is 5.75 Å². The first kappa shape index (κ1) is 14.8. The predicted octanol–water partition coefficient (Wildman–Crippen LogP) is 3.18. The maximum atomic E-state index is 5.85. The highest BCUT2D eigenvalue weighted by Crippen LogP contribution is 2.24. The number of pyridine rings is 1. The summed E-state index contributed by atoms with van der Waals surface area (Å²) in [4.78, 5) is 12.7. The first-order valence-corrected chi connectivity index (χ1v) is 8.06. The Hall–Kier alpha value is -2.73. The van der Waals surface area contributed by atoms with Crippen molar-refractivity contribution >= 4 is 17.0 Å². The quantitative estimate of drug-likeness (QED) is 0.797. The lowest BCUT2D eigenvalue weighted by molar-refractivity contribution is -0.105. The molecule has 3 heterocycles. The van der Waals surface area contributed by atoms with E-state index in [1.165, 1.54) is 0 Å². The van der Waals surface area contributed by atoms with Gasteiger partial charge in [0.25, 0.3) is 0 Å². The highest BCUT2D eigenvalue weighted by atomic mass is 16.7. The minimum atomic E-state index is -0.136. The molecule has 1 atom stereocenters. The van der Waals surface area contributed by atoms with Crippen molar-refractivity contribution in [1.82, 2.24) is 15.0 Å². The Morgan fingerprint density at radius 2 is 1.92 bits per heavy atom. The molecule has 0 spiro atoms. The number of hydrogen-bond acceptors (Lipinski definition) is 6. The molecule has 24 heavy (non-hydrogen) atoms. The molecular formula is C18H18N4O2. The van der Waals surface area contributed by atoms with Gasteiger partial charge < -0.3 is 15.2 Å². The zero-order valence-electron chi connectivity index (χ0n) is 13.2. The molecule has 1 aromatic carbocycles. The smallest absolute Gasteiger partial charge is 0.222 e. The standard InChI is InChI=1S/C18H18N4O2/c19-18-20-11-13-6-9-15(21-17(13)22-18)12-4-7-14(8-5-12)24-16-3-1-2-10-23-16/h4-9,11,16H,1-3,10H2,(H2,19,20,21,22). The Balaban J connectivity index is 1.55. The van der Waals surface area contributed by atoms with Crippen LogP contribution in [-0.2, 0) is 4.74 Å². The van der Waals surface area contributed by atoms with E-state index in [-0.39, 0.29) is 12.2 Å². The largest absolute Gasteiger partial charge is 0.465 e. The molecule has 6 heteroatoms. The van der Waals surface area contributed by atoms with Gasteiger partial charge in [0, 0.05) is 23.6 Å². The molecule has 2 N–H and O–H groups in total. The number of nitrogens with two attached hydrogens (primary N) is 1. The van der Waals surface area contributed by atoms with Crippen molar-refractivity contribution in [3.63, 3.8) is 0 Å². The lowest BCUT2D eigenvalue weighted by atomic mass is 10.1. The van der Waals surface area contributed by atoms with Gasteiger partial charge >= 0.3 is 0 Å². The number of ether oxygens (including phenoxy) is 2. The normalized spacial score (nSPS) is 17.8. The number of nitrogen functional groups attached to an aromatic ring is 1. The molecule has 0 bridgehead atoms. The van der Waals surface area contributed by atoms with Gasteiger partial charge in [0.15, 0.2) is 11.9 Å². The van der Waals surface area contributed by atoms with E-state index in [0.717, 1.165) is 48.3 Å². The van der Waals surface area contributed by atoms with Gasteiger partial charge in [-0.05, 0) is 49.2 Å². The molecule has 1 unspecified atom stereocenters. The minimum Gasteiger partial charge on any atom is -0.465 e. The number of nitrogens with zero attached hydrogens (tertiary/aromatic N) is 3. The van der Waals surface area contributed by atoms with Crippen LogP contribution in [0.1, 0.15) is 19.3 Å². The van der Waals surface area contributed by atoms with E-state index in [1.54, 1.807) is 6.20 Å². The SMILES string of the molecule is Nc1ncc2ccc(-c3ccc(OC4CCCCO4)cc3)nc2n1. The Morgan fingerprint density at radius 1 is 1.04 bits per heavy atom. The van der Waals surface area contributed by atoms with Crippen LogP contribution < -0.4 is 10.5 Å². The fraction of sp³-hybridized carbons (Fsp3) is 0.278. The highest BCUT2D eigenvalue weighted by molar-refractivity contribution is 5.78. The van der Waals surface area contributed by atoms with Gasteiger partial charge in [-0.2, -0.15) is 4.98 Å². The van der Waals surface area contributed by atoms with Gasteiger partial charge in [-0.3, -0.25) is 0 Å². The summed E-state index contributed by atoms with van der Waals surface area (Å²) < 4.78 is 11.4. The third-order valence-electron chi connectivity index (χ3n) is 4.02. The van der Waals surface area contributed by atoms with Crippen LogP contribution in [0, 0.1) is 0 Å². The molecule has 2 aromatic heterocycles. The number of benzene rings is 1.